The standard InChI is InChI=1S/C17H27NO5S/c1-3-6-14(18-23-4-2)17-15(19)10-12(11-16(17)20)9-13-7-5-8-24(13,21)22/h12-13,19H,3-11H2,1-2H3. The van der Waals surface area contributed by atoms with E-state index in [0.29, 0.717) is 44.4 Å². The number of sulfone groups is 1. The zero-order valence-electron chi connectivity index (χ0n) is 14.5. The van der Waals surface area contributed by atoms with Gasteiger partial charge in [-0.1, -0.05) is 18.5 Å². The summed E-state index contributed by atoms with van der Waals surface area (Å²) < 4.78 is 24.0. The minimum Gasteiger partial charge on any atom is -0.511 e. The number of carbonyl (C=O) groups is 1. The topological polar surface area (TPSA) is 93.0 Å². The number of aliphatic hydroxyl groups excluding tert-OH is 1. The molecule has 6 nitrogen and oxygen atoms in total. The Hall–Kier alpha value is -1.37. The third-order valence-electron chi connectivity index (χ3n) is 4.66. The van der Waals surface area contributed by atoms with E-state index in [1.807, 2.05) is 13.8 Å². The van der Waals surface area contributed by atoms with Crippen LogP contribution in [0.3, 0.4) is 0 Å². The molecule has 0 aromatic rings. The van der Waals surface area contributed by atoms with Gasteiger partial charge in [0.1, 0.15) is 12.4 Å². The molecule has 0 amide bonds. The Morgan fingerprint density at radius 2 is 2.08 bits per heavy atom. The number of hydrogen-bond donors (Lipinski definition) is 1. The highest BCUT2D eigenvalue weighted by atomic mass is 32.2. The Balaban J connectivity index is 2.14. The summed E-state index contributed by atoms with van der Waals surface area (Å²) in [4.78, 5) is 17.6. The van der Waals surface area contributed by atoms with E-state index in [1.54, 1.807) is 0 Å². The summed E-state index contributed by atoms with van der Waals surface area (Å²) in [6.45, 7) is 4.18. The van der Waals surface area contributed by atoms with Crippen LogP contribution in [0.15, 0.2) is 16.5 Å². The fraction of sp³-hybridized carbons (Fsp3) is 0.765. The zero-order valence-corrected chi connectivity index (χ0v) is 15.3. The average Bonchev–Trinajstić information content (AvgIpc) is 2.83. The molecule has 7 heteroatoms. The molecule has 0 aromatic carbocycles. The Morgan fingerprint density at radius 3 is 2.62 bits per heavy atom. The maximum Gasteiger partial charge on any atom is 0.168 e. The summed E-state index contributed by atoms with van der Waals surface area (Å²) >= 11 is 0. The van der Waals surface area contributed by atoms with Crippen LogP contribution in [0.25, 0.3) is 0 Å². The molecule has 0 radical (unpaired) electrons. The first-order valence-corrected chi connectivity index (χ1v) is 10.5. The molecule has 0 spiro atoms. The van der Waals surface area contributed by atoms with Gasteiger partial charge >= 0.3 is 0 Å². The second-order valence-electron chi connectivity index (χ2n) is 6.59. The van der Waals surface area contributed by atoms with Crippen LogP contribution in [-0.2, 0) is 19.5 Å². The van der Waals surface area contributed by atoms with Gasteiger partial charge in [-0.05, 0) is 38.5 Å². The highest BCUT2D eigenvalue weighted by Crippen LogP contribution is 2.34. The van der Waals surface area contributed by atoms with Crippen molar-refractivity contribution in [1.29, 1.82) is 0 Å². The van der Waals surface area contributed by atoms with Gasteiger partial charge in [0.2, 0.25) is 0 Å². The number of hydrogen-bond acceptors (Lipinski definition) is 6. The fourth-order valence-electron chi connectivity index (χ4n) is 3.56. The second kappa shape index (κ2) is 8.14. The van der Waals surface area contributed by atoms with Crippen LogP contribution < -0.4 is 0 Å². The maximum absolute atomic E-state index is 12.5. The van der Waals surface area contributed by atoms with Crippen molar-refractivity contribution in [2.75, 3.05) is 12.4 Å². The van der Waals surface area contributed by atoms with Gasteiger partial charge in [-0.15, -0.1) is 0 Å². The second-order valence-corrected chi connectivity index (χ2v) is 8.99. The van der Waals surface area contributed by atoms with Crippen LogP contribution in [0.1, 0.15) is 58.8 Å². The summed E-state index contributed by atoms with van der Waals surface area (Å²) in [5, 5.41) is 14.0. The Morgan fingerprint density at radius 1 is 1.33 bits per heavy atom. The van der Waals surface area contributed by atoms with Gasteiger partial charge in [-0.3, -0.25) is 4.79 Å². The first kappa shape index (κ1) is 19.0. The lowest BCUT2D eigenvalue weighted by atomic mass is 9.82. The molecule has 1 N–H and O–H groups in total. The van der Waals surface area contributed by atoms with E-state index in [1.165, 1.54) is 0 Å². The number of oxime groups is 1. The average molecular weight is 357 g/mol. The van der Waals surface area contributed by atoms with Gasteiger partial charge in [-0.2, -0.15) is 0 Å². The van der Waals surface area contributed by atoms with Crippen molar-refractivity contribution in [3.8, 4) is 0 Å². The predicted molar refractivity (Wildman–Crippen MR) is 92.8 cm³/mol. The lowest BCUT2D eigenvalue weighted by Gasteiger charge is -2.25. The van der Waals surface area contributed by atoms with Gasteiger partial charge in [0.25, 0.3) is 0 Å². The van der Waals surface area contributed by atoms with Crippen molar-refractivity contribution < 1.29 is 23.2 Å². The number of Topliss-reactive ketones (excluding diaryl/α,β-unsaturated/α-hetero) is 1. The van der Waals surface area contributed by atoms with Gasteiger partial charge in [0.15, 0.2) is 15.6 Å². The summed E-state index contributed by atoms with van der Waals surface area (Å²) in [5.74, 6) is -0.00809. The van der Waals surface area contributed by atoms with Crippen molar-refractivity contribution >= 4 is 21.3 Å². The first-order valence-electron chi connectivity index (χ1n) is 8.75. The van der Waals surface area contributed by atoms with Gasteiger partial charge in [0.05, 0.1) is 22.3 Å². The van der Waals surface area contributed by atoms with Crippen molar-refractivity contribution in [2.24, 2.45) is 11.1 Å². The number of aliphatic hydroxyl groups is 1. The highest BCUT2D eigenvalue weighted by molar-refractivity contribution is 7.92. The number of rotatable bonds is 7. The van der Waals surface area contributed by atoms with Crippen LogP contribution in [0.2, 0.25) is 0 Å². The monoisotopic (exact) mass is 357 g/mol. The zero-order chi connectivity index (χ0) is 17.7. The quantitative estimate of drug-likeness (QED) is 0.558. The molecule has 2 atom stereocenters. The number of nitrogens with zero attached hydrogens (tertiary/aromatic N) is 1. The van der Waals surface area contributed by atoms with Crippen LogP contribution in [-0.4, -0.2) is 42.6 Å². The summed E-state index contributed by atoms with van der Waals surface area (Å²) in [5.41, 5.74) is 0.768. The Bertz CT molecular complexity index is 635. The molecule has 24 heavy (non-hydrogen) atoms. The van der Waals surface area contributed by atoms with E-state index in [4.69, 9.17) is 4.84 Å². The van der Waals surface area contributed by atoms with E-state index in [0.717, 1.165) is 6.42 Å². The van der Waals surface area contributed by atoms with E-state index < -0.39 is 9.84 Å². The molecule has 1 aliphatic carbocycles. The molecule has 1 heterocycles. The molecular formula is C17H27NO5S. The lowest BCUT2D eigenvalue weighted by molar-refractivity contribution is -0.116. The number of allylic oxidation sites excluding steroid dienone is 2. The molecule has 1 aliphatic heterocycles. The minimum atomic E-state index is -3.02. The molecule has 0 bridgehead atoms. The molecular weight excluding hydrogens is 330 g/mol. The summed E-state index contributed by atoms with van der Waals surface area (Å²) in [7, 11) is -3.02. The van der Waals surface area contributed by atoms with E-state index in [9.17, 15) is 18.3 Å². The van der Waals surface area contributed by atoms with Gasteiger partial charge < -0.3 is 9.94 Å². The predicted octanol–water partition coefficient (Wildman–Crippen LogP) is 2.94. The Labute approximate surface area is 143 Å². The largest absolute Gasteiger partial charge is 0.511 e. The number of carbonyl (C=O) groups excluding carboxylic acids is 1. The van der Waals surface area contributed by atoms with Gasteiger partial charge in [-0.25, -0.2) is 8.42 Å². The number of ketones is 1. The molecule has 2 rings (SSSR count). The van der Waals surface area contributed by atoms with Crippen molar-refractivity contribution in [2.45, 2.75) is 64.0 Å². The van der Waals surface area contributed by atoms with E-state index in [-0.39, 0.29) is 40.5 Å². The van der Waals surface area contributed by atoms with E-state index >= 15 is 0 Å². The molecule has 1 saturated heterocycles. The normalized spacial score (nSPS) is 27.6. The van der Waals surface area contributed by atoms with Crippen molar-refractivity contribution in [1.82, 2.24) is 0 Å². The van der Waals surface area contributed by atoms with Crippen LogP contribution >= 0.6 is 0 Å². The smallest absolute Gasteiger partial charge is 0.168 e. The van der Waals surface area contributed by atoms with Crippen LogP contribution in [0, 0.1) is 5.92 Å². The Kier molecular flexibility index (Phi) is 6.43. The van der Waals surface area contributed by atoms with Crippen molar-refractivity contribution in [3.63, 3.8) is 0 Å². The fourth-order valence-corrected chi connectivity index (χ4v) is 5.55. The van der Waals surface area contributed by atoms with Crippen LogP contribution in [0.5, 0.6) is 0 Å². The molecule has 136 valence electrons. The van der Waals surface area contributed by atoms with E-state index in [2.05, 4.69) is 5.16 Å². The van der Waals surface area contributed by atoms with Crippen LogP contribution in [0.4, 0.5) is 0 Å². The molecule has 2 unspecified atom stereocenters. The first-order chi connectivity index (χ1) is 11.4. The molecule has 2 aliphatic rings. The lowest BCUT2D eigenvalue weighted by Crippen LogP contribution is -2.28. The molecule has 0 aromatic heterocycles. The highest BCUT2D eigenvalue weighted by Gasteiger charge is 2.37. The van der Waals surface area contributed by atoms with Gasteiger partial charge in [0, 0.05) is 12.8 Å². The third-order valence-corrected chi connectivity index (χ3v) is 6.96. The summed E-state index contributed by atoms with van der Waals surface area (Å²) in [6.07, 6.45) is 3.77. The molecule has 0 saturated carbocycles. The maximum atomic E-state index is 12.5. The minimum absolute atomic E-state index is 0.0264. The molecule has 1 fully saturated rings. The third kappa shape index (κ3) is 4.37. The summed E-state index contributed by atoms with van der Waals surface area (Å²) in [6, 6.07) is 0. The van der Waals surface area contributed by atoms with Crippen molar-refractivity contribution in [3.05, 3.63) is 11.3 Å². The SMILES string of the molecule is CCCC(=NOCC)C1=C(O)CC(CC2CCCS2(=O)=O)CC1=O.